The van der Waals surface area contributed by atoms with Crippen LogP contribution in [-0.2, 0) is 0 Å². The lowest BCUT2D eigenvalue weighted by molar-refractivity contribution is 0.0123. The van der Waals surface area contributed by atoms with Crippen LogP contribution < -0.4 is 14.4 Å². The first kappa shape index (κ1) is 23.0. The summed E-state index contributed by atoms with van der Waals surface area (Å²) in [7, 11) is 1.99. The minimum atomic E-state index is -0.873. The van der Waals surface area contributed by atoms with Gasteiger partial charge in [0.25, 0.3) is 0 Å². The number of hydrogen-bond donors (Lipinski definition) is 1. The molecule has 1 aliphatic rings. The molecule has 0 bridgehead atoms. The van der Waals surface area contributed by atoms with Crippen LogP contribution in [-0.4, -0.2) is 29.9 Å². The molecule has 2 aromatic rings. The third kappa shape index (κ3) is 4.80. The van der Waals surface area contributed by atoms with Gasteiger partial charge >= 0.3 is 0 Å². The van der Waals surface area contributed by atoms with Crippen molar-refractivity contribution in [3.05, 3.63) is 65.9 Å². The minimum Gasteiger partial charge on any atom is -0.494 e. The van der Waals surface area contributed by atoms with Crippen molar-refractivity contribution in [1.29, 1.82) is 0 Å². The van der Waals surface area contributed by atoms with Crippen LogP contribution in [0.3, 0.4) is 0 Å². The molecule has 4 heteroatoms. The number of anilines is 1. The number of hydrogen-bond acceptors (Lipinski definition) is 4. The second kappa shape index (κ2) is 8.80. The summed E-state index contributed by atoms with van der Waals surface area (Å²) in [4.78, 5) is 2.08. The minimum absolute atomic E-state index is 0.463. The lowest BCUT2D eigenvalue weighted by Crippen LogP contribution is -2.56. The van der Waals surface area contributed by atoms with E-state index in [-0.39, 0.29) is 0 Å². The van der Waals surface area contributed by atoms with E-state index in [0.29, 0.717) is 5.76 Å². The quantitative estimate of drug-likeness (QED) is 0.508. The number of aliphatic hydroxyl groups is 1. The fraction of sp³-hybridized carbons (Fsp3) is 0.407. The number of benzene rings is 2. The van der Waals surface area contributed by atoms with Crippen molar-refractivity contribution < 1.29 is 14.6 Å². The number of rotatable bonds is 8. The standard InChI is InChI=1S/C27H35NO3/c1-8-9-16-30-23-14-11-20(12-15-23)24-17-21-10-13-22(18-25(21)31-19(24)2)28(7)26(3,4)27(5,6)29/h10-15,17-18,29H,2,8-9,16H2,1,3-7H3. The molecule has 3 rings (SSSR count). The maximum atomic E-state index is 10.6. The third-order valence-corrected chi connectivity index (χ3v) is 6.49. The molecular formula is C27H35NO3. The molecule has 166 valence electrons. The van der Waals surface area contributed by atoms with Gasteiger partial charge in [0, 0.05) is 29.9 Å². The lowest BCUT2D eigenvalue weighted by Gasteiger charge is -2.46. The molecular weight excluding hydrogens is 386 g/mol. The number of likely N-dealkylation sites (N-methyl/N-ethyl adjacent to an activating group) is 1. The van der Waals surface area contributed by atoms with Crippen molar-refractivity contribution >= 4 is 17.3 Å². The Morgan fingerprint density at radius 3 is 2.35 bits per heavy atom. The van der Waals surface area contributed by atoms with Crippen molar-refractivity contribution in [3.8, 4) is 11.5 Å². The molecule has 0 amide bonds. The van der Waals surface area contributed by atoms with Crippen molar-refractivity contribution in [2.24, 2.45) is 0 Å². The summed E-state index contributed by atoms with van der Waals surface area (Å²) in [5.74, 6) is 2.26. The number of nitrogens with zero attached hydrogens (tertiary/aromatic N) is 1. The Morgan fingerprint density at radius 2 is 1.74 bits per heavy atom. The van der Waals surface area contributed by atoms with E-state index in [9.17, 15) is 5.11 Å². The second-order valence-electron chi connectivity index (χ2n) is 9.21. The number of allylic oxidation sites excluding steroid dienone is 1. The second-order valence-corrected chi connectivity index (χ2v) is 9.21. The predicted molar refractivity (Wildman–Crippen MR) is 130 cm³/mol. The van der Waals surface area contributed by atoms with E-state index in [1.54, 1.807) is 0 Å². The van der Waals surface area contributed by atoms with Crippen LogP contribution >= 0.6 is 0 Å². The van der Waals surface area contributed by atoms with Crippen LogP contribution in [0, 0.1) is 0 Å². The first-order chi connectivity index (χ1) is 14.5. The molecule has 4 nitrogen and oxygen atoms in total. The molecule has 0 atom stereocenters. The summed E-state index contributed by atoms with van der Waals surface area (Å²) in [5, 5.41) is 10.6. The Bertz CT molecular complexity index is 965. The summed E-state index contributed by atoms with van der Waals surface area (Å²) < 4.78 is 11.9. The van der Waals surface area contributed by atoms with Crippen molar-refractivity contribution in [2.45, 2.75) is 58.6 Å². The van der Waals surface area contributed by atoms with Gasteiger partial charge in [0.2, 0.25) is 0 Å². The van der Waals surface area contributed by atoms with E-state index < -0.39 is 11.1 Å². The summed E-state index contributed by atoms with van der Waals surface area (Å²) in [6.45, 7) is 14.7. The Labute approximate surface area is 186 Å². The SMILES string of the molecule is C=C1Oc2cc(N(C)C(C)(C)C(C)(C)O)ccc2C=C1c1ccc(OCCCC)cc1. The highest BCUT2D eigenvalue weighted by Gasteiger charge is 2.39. The fourth-order valence-electron chi connectivity index (χ4n) is 3.41. The lowest BCUT2D eigenvalue weighted by atomic mass is 9.84. The maximum absolute atomic E-state index is 10.6. The molecule has 0 aromatic heterocycles. The largest absolute Gasteiger partial charge is 0.494 e. The summed E-state index contributed by atoms with van der Waals surface area (Å²) in [6.07, 6.45) is 4.28. The first-order valence-electron chi connectivity index (χ1n) is 11.0. The number of fused-ring (bicyclic) bond motifs is 1. The molecule has 0 unspecified atom stereocenters. The van der Waals surface area contributed by atoms with E-state index in [0.717, 1.165) is 53.3 Å². The number of unbranched alkanes of at least 4 members (excludes halogenated alkanes) is 1. The summed E-state index contributed by atoms with van der Waals surface area (Å²) in [5.41, 5.74) is 2.65. The highest BCUT2D eigenvalue weighted by Crippen LogP contribution is 2.40. The Hall–Kier alpha value is -2.72. The topological polar surface area (TPSA) is 41.9 Å². The predicted octanol–water partition coefficient (Wildman–Crippen LogP) is 6.30. The molecule has 0 saturated carbocycles. The average Bonchev–Trinajstić information content (AvgIpc) is 2.72. The zero-order chi connectivity index (χ0) is 22.8. The smallest absolute Gasteiger partial charge is 0.136 e. The number of ether oxygens (including phenoxy) is 2. The van der Waals surface area contributed by atoms with Gasteiger partial charge < -0.3 is 19.5 Å². The first-order valence-corrected chi connectivity index (χ1v) is 11.0. The van der Waals surface area contributed by atoms with Crippen molar-refractivity contribution in [3.63, 3.8) is 0 Å². The molecule has 1 heterocycles. The van der Waals surface area contributed by atoms with Crippen LogP contribution in [0.4, 0.5) is 5.69 Å². The van der Waals surface area contributed by atoms with E-state index in [1.165, 1.54) is 0 Å². The molecule has 31 heavy (non-hydrogen) atoms. The summed E-state index contributed by atoms with van der Waals surface area (Å²) in [6, 6.07) is 14.2. The van der Waals surface area contributed by atoms with Gasteiger partial charge in [-0.15, -0.1) is 0 Å². The van der Waals surface area contributed by atoms with Gasteiger partial charge in [-0.1, -0.05) is 32.1 Å². The monoisotopic (exact) mass is 421 g/mol. The molecule has 0 saturated heterocycles. The summed E-state index contributed by atoms with van der Waals surface area (Å²) >= 11 is 0. The van der Waals surface area contributed by atoms with Crippen molar-refractivity contribution in [2.75, 3.05) is 18.6 Å². The molecule has 0 aliphatic carbocycles. The highest BCUT2D eigenvalue weighted by molar-refractivity contribution is 5.93. The average molecular weight is 422 g/mol. The molecule has 1 aliphatic heterocycles. The molecule has 2 aromatic carbocycles. The fourth-order valence-corrected chi connectivity index (χ4v) is 3.41. The van der Waals surface area contributed by atoms with E-state index >= 15 is 0 Å². The highest BCUT2D eigenvalue weighted by atomic mass is 16.5. The molecule has 0 fully saturated rings. The van der Waals surface area contributed by atoms with Gasteiger partial charge in [-0.05, 0) is 70.0 Å². The van der Waals surface area contributed by atoms with Gasteiger partial charge in [-0.2, -0.15) is 0 Å². The molecule has 1 N–H and O–H groups in total. The van der Waals surface area contributed by atoms with Gasteiger partial charge in [0.1, 0.15) is 17.3 Å². The van der Waals surface area contributed by atoms with E-state index in [1.807, 2.05) is 65.1 Å². The van der Waals surface area contributed by atoms with Gasteiger partial charge in [-0.25, -0.2) is 0 Å². The van der Waals surface area contributed by atoms with Crippen LogP contribution in [0.1, 0.15) is 58.6 Å². The van der Waals surface area contributed by atoms with Gasteiger partial charge in [0.15, 0.2) is 0 Å². The van der Waals surface area contributed by atoms with Crippen molar-refractivity contribution in [1.82, 2.24) is 0 Å². The third-order valence-electron chi connectivity index (χ3n) is 6.49. The Morgan fingerprint density at radius 1 is 1.06 bits per heavy atom. The zero-order valence-electron chi connectivity index (χ0n) is 19.7. The van der Waals surface area contributed by atoms with E-state index in [4.69, 9.17) is 9.47 Å². The van der Waals surface area contributed by atoms with Crippen LogP contribution in [0.15, 0.2) is 54.8 Å². The Balaban J connectivity index is 1.84. The zero-order valence-corrected chi connectivity index (χ0v) is 19.7. The Kier molecular flexibility index (Phi) is 6.51. The molecule has 0 spiro atoms. The van der Waals surface area contributed by atoms with Crippen LogP contribution in [0.25, 0.3) is 11.6 Å². The van der Waals surface area contributed by atoms with Crippen LogP contribution in [0.5, 0.6) is 11.5 Å². The molecule has 0 radical (unpaired) electrons. The maximum Gasteiger partial charge on any atom is 0.136 e. The van der Waals surface area contributed by atoms with E-state index in [2.05, 4.69) is 36.6 Å². The van der Waals surface area contributed by atoms with Crippen LogP contribution in [0.2, 0.25) is 0 Å². The van der Waals surface area contributed by atoms with Gasteiger partial charge in [0.05, 0.1) is 17.7 Å². The van der Waals surface area contributed by atoms with Gasteiger partial charge in [-0.3, -0.25) is 0 Å². The normalized spacial score (nSPS) is 13.9.